The minimum absolute atomic E-state index is 0.0248. The number of carboxylic acid groups (broad SMARTS) is 1. The minimum atomic E-state index is -0.890. The maximum atomic E-state index is 11.8. The van der Waals surface area contributed by atoms with Crippen molar-refractivity contribution in [1.82, 2.24) is 10.3 Å². The number of carbonyl (C=O) groups is 2. The van der Waals surface area contributed by atoms with Crippen LogP contribution in [0.1, 0.15) is 37.9 Å². The maximum Gasteiger partial charge on any atom is 0.303 e. The number of amides is 1. The van der Waals surface area contributed by atoms with E-state index in [9.17, 15) is 9.59 Å². The van der Waals surface area contributed by atoms with E-state index in [1.807, 2.05) is 19.1 Å². The van der Waals surface area contributed by atoms with Gasteiger partial charge in [0.25, 0.3) is 0 Å². The predicted octanol–water partition coefficient (Wildman–Crippen LogP) is 1.90. The summed E-state index contributed by atoms with van der Waals surface area (Å²) in [6, 6.07) is 3.78. The molecule has 0 aromatic carbocycles. The SMILES string of the molecule is Cc1cccnc1CNC(=O)CC(C)(C)CC(=O)O. The number of nitrogens with one attached hydrogen (secondary N) is 1. The van der Waals surface area contributed by atoms with Crippen molar-refractivity contribution in [2.24, 2.45) is 5.41 Å². The molecule has 1 aromatic heterocycles. The van der Waals surface area contributed by atoms with Crippen LogP contribution in [0.5, 0.6) is 0 Å². The van der Waals surface area contributed by atoms with Crippen LogP contribution < -0.4 is 5.32 Å². The Kier molecular flexibility index (Phi) is 5.03. The summed E-state index contributed by atoms with van der Waals surface area (Å²) in [6.45, 7) is 5.84. The molecule has 0 radical (unpaired) electrons. The fraction of sp³-hybridized carbons (Fsp3) is 0.500. The molecule has 0 aliphatic heterocycles. The Bertz CT molecular complexity index is 470. The van der Waals surface area contributed by atoms with Gasteiger partial charge in [-0.1, -0.05) is 19.9 Å². The van der Waals surface area contributed by atoms with Crippen LogP contribution in [0, 0.1) is 12.3 Å². The van der Waals surface area contributed by atoms with Gasteiger partial charge in [0.05, 0.1) is 18.7 Å². The van der Waals surface area contributed by atoms with Crippen molar-refractivity contribution < 1.29 is 14.7 Å². The summed E-state index contributed by atoms with van der Waals surface area (Å²) in [5, 5.41) is 11.5. The highest BCUT2D eigenvalue weighted by Gasteiger charge is 2.25. The van der Waals surface area contributed by atoms with Gasteiger partial charge in [-0.25, -0.2) is 0 Å². The number of hydrogen-bond donors (Lipinski definition) is 2. The topological polar surface area (TPSA) is 79.3 Å². The van der Waals surface area contributed by atoms with Gasteiger partial charge in [0.1, 0.15) is 0 Å². The lowest BCUT2D eigenvalue weighted by Crippen LogP contribution is -2.30. The van der Waals surface area contributed by atoms with Crippen molar-refractivity contribution in [2.45, 2.75) is 40.2 Å². The van der Waals surface area contributed by atoms with Gasteiger partial charge in [-0.15, -0.1) is 0 Å². The third kappa shape index (κ3) is 5.50. The van der Waals surface area contributed by atoms with E-state index in [1.165, 1.54) is 0 Å². The molecule has 1 rings (SSSR count). The molecule has 0 bridgehead atoms. The summed E-state index contributed by atoms with van der Waals surface area (Å²) in [5.74, 6) is -1.05. The van der Waals surface area contributed by atoms with Crippen LogP contribution in [0.4, 0.5) is 0 Å². The Morgan fingerprint density at radius 2 is 2.05 bits per heavy atom. The lowest BCUT2D eigenvalue weighted by Gasteiger charge is -2.21. The molecule has 104 valence electrons. The van der Waals surface area contributed by atoms with E-state index >= 15 is 0 Å². The second kappa shape index (κ2) is 6.31. The highest BCUT2D eigenvalue weighted by atomic mass is 16.4. The molecule has 0 atom stereocenters. The molecule has 1 amide bonds. The van der Waals surface area contributed by atoms with Gasteiger partial charge >= 0.3 is 5.97 Å². The first-order chi connectivity index (χ1) is 8.80. The zero-order valence-corrected chi connectivity index (χ0v) is 11.6. The highest BCUT2D eigenvalue weighted by molar-refractivity contribution is 5.77. The highest BCUT2D eigenvalue weighted by Crippen LogP contribution is 2.24. The molecule has 5 nitrogen and oxygen atoms in total. The van der Waals surface area contributed by atoms with Gasteiger partial charge < -0.3 is 10.4 Å². The fourth-order valence-electron chi connectivity index (χ4n) is 1.85. The molecular formula is C14H20N2O3. The van der Waals surface area contributed by atoms with Crippen molar-refractivity contribution in [3.05, 3.63) is 29.6 Å². The molecule has 0 fully saturated rings. The van der Waals surface area contributed by atoms with E-state index in [-0.39, 0.29) is 18.7 Å². The average Bonchev–Trinajstić information content (AvgIpc) is 2.25. The molecule has 0 unspecified atom stereocenters. The van der Waals surface area contributed by atoms with E-state index in [4.69, 9.17) is 5.11 Å². The maximum absolute atomic E-state index is 11.8. The first-order valence-electron chi connectivity index (χ1n) is 6.19. The number of carbonyl (C=O) groups excluding carboxylic acids is 1. The van der Waals surface area contributed by atoms with Gasteiger partial charge in [0.2, 0.25) is 5.91 Å². The van der Waals surface area contributed by atoms with Crippen molar-refractivity contribution in [2.75, 3.05) is 0 Å². The van der Waals surface area contributed by atoms with Crippen LogP contribution >= 0.6 is 0 Å². The molecule has 0 aliphatic rings. The number of pyridine rings is 1. The predicted molar refractivity (Wildman–Crippen MR) is 71.5 cm³/mol. The largest absolute Gasteiger partial charge is 0.481 e. The lowest BCUT2D eigenvalue weighted by atomic mass is 9.85. The van der Waals surface area contributed by atoms with Crippen molar-refractivity contribution in [3.8, 4) is 0 Å². The summed E-state index contributed by atoms with van der Waals surface area (Å²) in [4.78, 5) is 26.7. The molecule has 0 aliphatic carbocycles. The number of aliphatic carboxylic acids is 1. The quantitative estimate of drug-likeness (QED) is 0.822. The van der Waals surface area contributed by atoms with Gasteiger partial charge in [0.15, 0.2) is 0 Å². The Morgan fingerprint density at radius 1 is 1.37 bits per heavy atom. The second-order valence-corrected chi connectivity index (χ2v) is 5.46. The summed E-state index contributed by atoms with van der Waals surface area (Å²) in [7, 11) is 0. The monoisotopic (exact) mass is 264 g/mol. The molecule has 2 N–H and O–H groups in total. The molecule has 1 aromatic rings. The zero-order chi connectivity index (χ0) is 14.5. The number of hydrogen-bond acceptors (Lipinski definition) is 3. The Balaban J connectivity index is 2.48. The third-order valence-corrected chi connectivity index (χ3v) is 2.84. The first-order valence-corrected chi connectivity index (χ1v) is 6.19. The number of carboxylic acids is 1. The summed E-state index contributed by atoms with van der Waals surface area (Å²) >= 11 is 0. The smallest absolute Gasteiger partial charge is 0.303 e. The minimum Gasteiger partial charge on any atom is -0.481 e. The molecule has 0 spiro atoms. The Hall–Kier alpha value is -1.91. The normalized spacial score (nSPS) is 11.1. The number of nitrogens with zero attached hydrogens (tertiary/aromatic N) is 1. The van der Waals surface area contributed by atoms with Crippen molar-refractivity contribution >= 4 is 11.9 Å². The van der Waals surface area contributed by atoms with Crippen LogP contribution in [0.15, 0.2) is 18.3 Å². The van der Waals surface area contributed by atoms with E-state index in [1.54, 1.807) is 20.0 Å². The van der Waals surface area contributed by atoms with Crippen LogP contribution in [0.2, 0.25) is 0 Å². The fourth-order valence-corrected chi connectivity index (χ4v) is 1.85. The van der Waals surface area contributed by atoms with Crippen molar-refractivity contribution in [1.29, 1.82) is 0 Å². The summed E-state index contributed by atoms with van der Waals surface area (Å²) in [6.07, 6.45) is 1.84. The first kappa shape index (κ1) is 15.1. The number of aryl methyl sites for hydroxylation is 1. The zero-order valence-electron chi connectivity index (χ0n) is 11.6. The third-order valence-electron chi connectivity index (χ3n) is 2.84. The lowest BCUT2D eigenvalue weighted by molar-refractivity contribution is -0.139. The van der Waals surface area contributed by atoms with Gasteiger partial charge in [-0.05, 0) is 24.0 Å². The van der Waals surface area contributed by atoms with Crippen LogP contribution in [0.25, 0.3) is 0 Å². The van der Waals surface area contributed by atoms with Crippen molar-refractivity contribution in [3.63, 3.8) is 0 Å². The van der Waals surface area contributed by atoms with E-state index in [0.717, 1.165) is 11.3 Å². The van der Waals surface area contributed by atoms with E-state index in [0.29, 0.717) is 6.54 Å². The van der Waals surface area contributed by atoms with E-state index in [2.05, 4.69) is 10.3 Å². The molecule has 1 heterocycles. The standard InChI is InChI=1S/C14H20N2O3/c1-10-5-4-6-15-11(10)9-16-12(17)7-14(2,3)8-13(18)19/h4-6H,7-9H2,1-3H3,(H,16,17)(H,18,19). The van der Waals surface area contributed by atoms with Crippen LogP contribution in [-0.2, 0) is 16.1 Å². The molecule has 19 heavy (non-hydrogen) atoms. The Morgan fingerprint density at radius 3 is 2.63 bits per heavy atom. The Labute approximate surface area is 113 Å². The van der Waals surface area contributed by atoms with Gasteiger partial charge in [0, 0.05) is 12.6 Å². The van der Waals surface area contributed by atoms with Gasteiger partial charge in [-0.3, -0.25) is 14.6 Å². The molecular weight excluding hydrogens is 244 g/mol. The molecule has 0 saturated carbocycles. The van der Waals surface area contributed by atoms with Gasteiger partial charge in [-0.2, -0.15) is 0 Å². The van der Waals surface area contributed by atoms with E-state index < -0.39 is 11.4 Å². The average molecular weight is 264 g/mol. The summed E-state index contributed by atoms with van der Waals surface area (Å²) in [5.41, 5.74) is 1.30. The van der Waals surface area contributed by atoms with Crippen LogP contribution in [0.3, 0.4) is 0 Å². The number of rotatable bonds is 6. The molecule has 5 heteroatoms. The summed E-state index contributed by atoms with van der Waals surface area (Å²) < 4.78 is 0. The number of aromatic nitrogens is 1. The van der Waals surface area contributed by atoms with Crippen LogP contribution in [-0.4, -0.2) is 22.0 Å². The molecule has 0 saturated heterocycles. The second-order valence-electron chi connectivity index (χ2n) is 5.46.